The maximum Gasteiger partial charge on any atom is 0.463 e. The van der Waals surface area contributed by atoms with Gasteiger partial charge in [0.15, 0.2) is 0 Å². The molecule has 0 unspecified atom stereocenters. The molecule has 1 aromatic rings. The minimum absolute atomic E-state index is 0.141. The highest BCUT2D eigenvalue weighted by Crippen LogP contribution is 2.40. The Bertz CT molecular complexity index is 547. The van der Waals surface area contributed by atoms with Crippen molar-refractivity contribution in [3.05, 3.63) is 54.1 Å². The molecule has 1 N–H and O–H groups in total. The van der Waals surface area contributed by atoms with Gasteiger partial charge in [-0.25, -0.2) is 0 Å². The van der Waals surface area contributed by atoms with E-state index >= 15 is 0 Å². The Morgan fingerprint density at radius 2 is 1.57 bits per heavy atom. The second-order valence-corrected chi connectivity index (χ2v) is 7.13. The summed E-state index contributed by atoms with van der Waals surface area (Å²) in [6, 6.07) is 10.1. The van der Waals surface area contributed by atoms with Crippen molar-refractivity contribution in [1.29, 1.82) is 0 Å². The lowest BCUT2D eigenvalue weighted by Crippen LogP contribution is -2.41. The zero-order valence-corrected chi connectivity index (χ0v) is 14.7. The van der Waals surface area contributed by atoms with Crippen LogP contribution in [0.4, 0.5) is 0 Å². The third-order valence-corrected chi connectivity index (χ3v) is 4.75. The quantitative estimate of drug-likeness (QED) is 0.657. The number of benzene rings is 1. The fraction of sp³-hybridized carbons (Fsp3) is 0.474. The summed E-state index contributed by atoms with van der Waals surface area (Å²) < 4.78 is 12.0. The van der Waals surface area contributed by atoms with E-state index in [0.717, 1.165) is 5.56 Å². The van der Waals surface area contributed by atoms with Gasteiger partial charge >= 0.3 is 7.12 Å². The second-order valence-electron chi connectivity index (χ2n) is 7.13. The van der Waals surface area contributed by atoms with E-state index in [1.54, 1.807) is 6.08 Å². The van der Waals surface area contributed by atoms with E-state index in [9.17, 15) is 5.11 Å². The van der Waals surface area contributed by atoms with Crippen molar-refractivity contribution in [2.75, 3.05) is 0 Å². The highest BCUT2D eigenvalue weighted by Gasteiger charge is 2.53. The first-order chi connectivity index (χ1) is 10.7. The van der Waals surface area contributed by atoms with Crippen molar-refractivity contribution in [3.8, 4) is 0 Å². The van der Waals surface area contributed by atoms with Crippen LogP contribution in [0.15, 0.2) is 48.6 Å². The summed E-state index contributed by atoms with van der Waals surface area (Å²) in [4.78, 5) is 0. The van der Waals surface area contributed by atoms with Crippen molar-refractivity contribution in [2.24, 2.45) is 0 Å². The highest BCUT2D eigenvalue weighted by atomic mass is 16.7. The summed E-state index contributed by atoms with van der Waals surface area (Å²) in [5.41, 5.74) is 0.385. The summed E-state index contributed by atoms with van der Waals surface area (Å²) in [5.74, 6) is -0.141. The Morgan fingerprint density at radius 1 is 1.00 bits per heavy atom. The van der Waals surface area contributed by atoms with E-state index in [0.29, 0.717) is 0 Å². The first kappa shape index (κ1) is 18.0. The number of hydrogen-bond acceptors (Lipinski definition) is 3. The molecule has 2 atom stereocenters. The Morgan fingerprint density at radius 3 is 2.13 bits per heavy atom. The molecule has 0 aromatic heterocycles. The molecule has 1 aromatic carbocycles. The van der Waals surface area contributed by atoms with Gasteiger partial charge in [0.2, 0.25) is 0 Å². The molecule has 1 aliphatic heterocycles. The van der Waals surface area contributed by atoms with Gasteiger partial charge in [0.05, 0.1) is 17.3 Å². The first-order valence-corrected chi connectivity index (χ1v) is 8.16. The van der Waals surface area contributed by atoms with Crippen molar-refractivity contribution in [2.45, 2.75) is 57.7 Å². The zero-order chi connectivity index (χ0) is 17.1. The number of aliphatic hydroxyl groups is 1. The van der Waals surface area contributed by atoms with Crippen LogP contribution in [0.3, 0.4) is 0 Å². The fourth-order valence-electron chi connectivity index (χ4n) is 2.35. The molecule has 0 amide bonds. The van der Waals surface area contributed by atoms with Crippen LogP contribution < -0.4 is 0 Å². The van der Waals surface area contributed by atoms with E-state index in [-0.39, 0.29) is 17.0 Å². The SMILES string of the molecule is C[C@H](B1OC(C)(C)C(C)(C)O1)[C@@H](O)/C=C/C=C/c1ccccc1. The molecular formula is C19H27BO3. The van der Waals surface area contributed by atoms with Gasteiger partial charge < -0.3 is 14.4 Å². The summed E-state index contributed by atoms with van der Waals surface area (Å²) in [6.45, 7) is 10.0. The van der Waals surface area contributed by atoms with Crippen molar-refractivity contribution in [1.82, 2.24) is 0 Å². The highest BCUT2D eigenvalue weighted by molar-refractivity contribution is 6.47. The Kier molecular flexibility index (Phi) is 5.51. The van der Waals surface area contributed by atoms with E-state index in [2.05, 4.69) is 0 Å². The molecule has 1 saturated heterocycles. The van der Waals surface area contributed by atoms with Gasteiger partial charge in [0.25, 0.3) is 0 Å². The van der Waals surface area contributed by atoms with Gasteiger partial charge in [0, 0.05) is 5.82 Å². The lowest BCUT2D eigenvalue weighted by molar-refractivity contribution is 0.00578. The Hall–Kier alpha value is -1.36. The van der Waals surface area contributed by atoms with Crippen LogP contribution in [0, 0.1) is 0 Å². The molecule has 1 fully saturated rings. The minimum atomic E-state index is -0.620. The molecule has 3 nitrogen and oxygen atoms in total. The smallest absolute Gasteiger partial charge is 0.403 e. The van der Waals surface area contributed by atoms with Crippen LogP contribution in [0.1, 0.15) is 40.2 Å². The fourth-order valence-corrected chi connectivity index (χ4v) is 2.35. The number of hydrogen-bond donors (Lipinski definition) is 1. The van der Waals surface area contributed by atoms with E-state index in [4.69, 9.17) is 9.31 Å². The molecule has 23 heavy (non-hydrogen) atoms. The van der Waals surface area contributed by atoms with Crippen molar-refractivity contribution in [3.63, 3.8) is 0 Å². The molecule has 0 bridgehead atoms. The molecule has 2 rings (SSSR count). The monoisotopic (exact) mass is 314 g/mol. The van der Waals surface area contributed by atoms with Crippen LogP contribution in [0.25, 0.3) is 6.08 Å². The minimum Gasteiger partial charge on any atom is -0.403 e. The van der Waals surface area contributed by atoms with Crippen LogP contribution in [-0.2, 0) is 9.31 Å². The maximum absolute atomic E-state index is 10.3. The molecule has 0 saturated carbocycles. The second kappa shape index (κ2) is 7.04. The average molecular weight is 314 g/mol. The number of rotatable bonds is 5. The van der Waals surface area contributed by atoms with Crippen LogP contribution in [0.5, 0.6) is 0 Å². The van der Waals surface area contributed by atoms with Crippen molar-refractivity contribution < 1.29 is 14.4 Å². The standard InChI is InChI=1S/C19H27BO3/c1-15(20-22-18(2,3)19(4,5)23-20)17(21)14-10-9-13-16-11-7-6-8-12-16/h6-15,17,21H,1-5H3/b13-9+,14-10+/t15-,17-/m0/s1. The van der Waals surface area contributed by atoms with E-state index < -0.39 is 13.2 Å². The predicted molar refractivity (Wildman–Crippen MR) is 96.1 cm³/mol. The first-order valence-electron chi connectivity index (χ1n) is 8.16. The van der Waals surface area contributed by atoms with E-state index in [1.165, 1.54) is 0 Å². The van der Waals surface area contributed by atoms with Gasteiger partial charge in [0.1, 0.15) is 0 Å². The summed E-state index contributed by atoms with van der Waals surface area (Å²) in [7, 11) is -0.405. The largest absolute Gasteiger partial charge is 0.463 e. The van der Waals surface area contributed by atoms with Gasteiger partial charge in [-0.05, 0) is 33.3 Å². The zero-order valence-electron chi connectivity index (χ0n) is 14.7. The van der Waals surface area contributed by atoms with Crippen molar-refractivity contribution >= 4 is 13.2 Å². The topological polar surface area (TPSA) is 38.7 Å². The molecular weight excluding hydrogens is 287 g/mol. The van der Waals surface area contributed by atoms with Crippen LogP contribution in [-0.4, -0.2) is 29.5 Å². The number of allylic oxidation sites excluding steroid dienone is 2. The van der Waals surface area contributed by atoms with Gasteiger partial charge in [-0.15, -0.1) is 0 Å². The Labute approximate surface area is 140 Å². The molecule has 1 heterocycles. The summed E-state index contributed by atoms with van der Waals surface area (Å²) in [5, 5.41) is 10.3. The molecule has 4 heteroatoms. The van der Waals surface area contributed by atoms with Crippen LogP contribution >= 0.6 is 0 Å². The third-order valence-electron chi connectivity index (χ3n) is 4.75. The van der Waals surface area contributed by atoms with Gasteiger partial charge in [-0.2, -0.15) is 0 Å². The lowest BCUT2D eigenvalue weighted by atomic mass is 9.70. The normalized spacial score (nSPS) is 22.8. The molecule has 1 aliphatic rings. The average Bonchev–Trinajstić information content (AvgIpc) is 2.72. The lowest BCUT2D eigenvalue weighted by Gasteiger charge is -2.32. The number of aliphatic hydroxyl groups excluding tert-OH is 1. The van der Waals surface area contributed by atoms with E-state index in [1.807, 2.05) is 83.2 Å². The maximum atomic E-state index is 10.3. The van der Waals surface area contributed by atoms with Crippen LogP contribution in [0.2, 0.25) is 5.82 Å². The van der Waals surface area contributed by atoms with Gasteiger partial charge in [-0.1, -0.05) is 61.6 Å². The molecule has 0 radical (unpaired) electrons. The summed E-state index contributed by atoms with van der Waals surface area (Å²) >= 11 is 0. The molecule has 0 spiro atoms. The molecule has 124 valence electrons. The van der Waals surface area contributed by atoms with Gasteiger partial charge in [-0.3, -0.25) is 0 Å². The molecule has 0 aliphatic carbocycles. The predicted octanol–water partition coefficient (Wildman–Crippen LogP) is 4.10. The Balaban J connectivity index is 1.92. The summed E-state index contributed by atoms with van der Waals surface area (Å²) in [6.07, 6.45) is 6.94. The third kappa shape index (κ3) is 4.34.